The molecular weight excluding hydrogens is 152 g/mol. The molecule has 1 saturated heterocycles. The molecule has 0 aromatic heterocycles. The first-order chi connectivity index (χ1) is 5.75. The SMILES string of the molecule is CCNC(=O)[C@@H]1CNCC[C@H]1C. The number of piperidine rings is 1. The Balaban J connectivity index is 2.42. The summed E-state index contributed by atoms with van der Waals surface area (Å²) >= 11 is 0. The minimum atomic E-state index is 0.179. The number of carbonyl (C=O) groups excluding carboxylic acids is 1. The van der Waals surface area contributed by atoms with Crippen LogP contribution in [0.2, 0.25) is 0 Å². The van der Waals surface area contributed by atoms with Gasteiger partial charge in [-0.3, -0.25) is 4.79 Å². The molecular formula is C9H18N2O. The fraction of sp³-hybridized carbons (Fsp3) is 0.889. The van der Waals surface area contributed by atoms with E-state index in [-0.39, 0.29) is 11.8 Å². The number of nitrogens with one attached hydrogen (secondary N) is 2. The average Bonchev–Trinajstić information content (AvgIpc) is 2.05. The highest BCUT2D eigenvalue weighted by molar-refractivity contribution is 5.79. The van der Waals surface area contributed by atoms with Crippen LogP contribution in [0, 0.1) is 11.8 Å². The lowest BCUT2D eigenvalue weighted by molar-refractivity contribution is -0.126. The Kier molecular flexibility index (Phi) is 3.53. The topological polar surface area (TPSA) is 41.1 Å². The van der Waals surface area contributed by atoms with Crippen LogP contribution >= 0.6 is 0 Å². The fourth-order valence-electron chi connectivity index (χ4n) is 1.65. The van der Waals surface area contributed by atoms with E-state index in [0.717, 1.165) is 26.1 Å². The first-order valence-corrected chi connectivity index (χ1v) is 4.74. The largest absolute Gasteiger partial charge is 0.356 e. The number of carbonyl (C=O) groups is 1. The molecule has 1 aliphatic heterocycles. The van der Waals surface area contributed by atoms with Crippen molar-refractivity contribution in [1.82, 2.24) is 10.6 Å². The van der Waals surface area contributed by atoms with Crippen molar-refractivity contribution in [2.24, 2.45) is 11.8 Å². The Morgan fingerprint density at radius 1 is 1.67 bits per heavy atom. The third-order valence-corrected chi connectivity index (χ3v) is 2.52. The Morgan fingerprint density at radius 3 is 3.00 bits per heavy atom. The van der Waals surface area contributed by atoms with E-state index in [1.165, 1.54) is 0 Å². The average molecular weight is 170 g/mol. The summed E-state index contributed by atoms with van der Waals surface area (Å²) in [6.45, 7) is 6.74. The van der Waals surface area contributed by atoms with E-state index < -0.39 is 0 Å². The van der Waals surface area contributed by atoms with Crippen LogP contribution in [0.4, 0.5) is 0 Å². The number of amides is 1. The van der Waals surface area contributed by atoms with Crippen LogP contribution in [0.5, 0.6) is 0 Å². The van der Waals surface area contributed by atoms with E-state index in [4.69, 9.17) is 0 Å². The summed E-state index contributed by atoms with van der Waals surface area (Å²) < 4.78 is 0. The molecule has 70 valence electrons. The van der Waals surface area contributed by atoms with Crippen molar-refractivity contribution in [2.45, 2.75) is 20.3 Å². The van der Waals surface area contributed by atoms with E-state index in [2.05, 4.69) is 17.6 Å². The van der Waals surface area contributed by atoms with Gasteiger partial charge in [0.1, 0.15) is 0 Å². The number of hydrogen-bond acceptors (Lipinski definition) is 2. The maximum Gasteiger partial charge on any atom is 0.224 e. The second-order valence-corrected chi connectivity index (χ2v) is 3.47. The van der Waals surface area contributed by atoms with Crippen molar-refractivity contribution in [3.05, 3.63) is 0 Å². The lowest BCUT2D eigenvalue weighted by Crippen LogP contribution is -2.44. The second-order valence-electron chi connectivity index (χ2n) is 3.47. The summed E-state index contributed by atoms with van der Waals surface area (Å²) in [7, 11) is 0. The molecule has 3 nitrogen and oxygen atoms in total. The Morgan fingerprint density at radius 2 is 2.42 bits per heavy atom. The fourth-order valence-corrected chi connectivity index (χ4v) is 1.65. The lowest BCUT2D eigenvalue weighted by atomic mass is 9.87. The van der Waals surface area contributed by atoms with Gasteiger partial charge >= 0.3 is 0 Å². The zero-order chi connectivity index (χ0) is 8.97. The van der Waals surface area contributed by atoms with Crippen molar-refractivity contribution in [3.63, 3.8) is 0 Å². The van der Waals surface area contributed by atoms with Crippen molar-refractivity contribution in [2.75, 3.05) is 19.6 Å². The van der Waals surface area contributed by atoms with Crippen LogP contribution < -0.4 is 10.6 Å². The highest BCUT2D eigenvalue weighted by Gasteiger charge is 2.26. The molecule has 12 heavy (non-hydrogen) atoms. The third kappa shape index (κ3) is 2.21. The summed E-state index contributed by atoms with van der Waals surface area (Å²) in [5.41, 5.74) is 0. The minimum Gasteiger partial charge on any atom is -0.356 e. The standard InChI is InChI=1S/C9H18N2O/c1-3-11-9(12)8-6-10-5-4-7(8)2/h7-8,10H,3-6H2,1-2H3,(H,11,12)/t7-,8-/m1/s1. The Labute approximate surface area is 73.9 Å². The molecule has 1 amide bonds. The molecule has 0 aromatic rings. The van der Waals surface area contributed by atoms with Crippen LogP contribution in [0.3, 0.4) is 0 Å². The summed E-state index contributed by atoms with van der Waals surface area (Å²) in [6.07, 6.45) is 1.11. The molecule has 1 rings (SSSR count). The van der Waals surface area contributed by atoms with Crippen LogP contribution in [0.25, 0.3) is 0 Å². The number of hydrogen-bond donors (Lipinski definition) is 2. The predicted molar refractivity (Wildman–Crippen MR) is 48.8 cm³/mol. The number of rotatable bonds is 2. The van der Waals surface area contributed by atoms with Gasteiger partial charge in [0.25, 0.3) is 0 Å². The van der Waals surface area contributed by atoms with E-state index in [1.807, 2.05) is 6.92 Å². The lowest BCUT2D eigenvalue weighted by Gasteiger charge is -2.28. The van der Waals surface area contributed by atoms with E-state index in [9.17, 15) is 4.79 Å². The molecule has 1 heterocycles. The summed E-state index contributed by atoms with van der Waals surface area (Å²) in [5.74, 6) is 0.911. The molecule has 1 aliphatic rings. The summed E-state index contributed by atoms with van der Waals surface area (Å²) in [6, 6.07) is 0. The van der Waals surface area contributed by atoms with Crippen LogP contribution in [0.1, 0.15) is 20.3 Å². The summed E-state index contributed by atoms with van der Waals surface area (Å²) in [4.78, 5) is 11.5. The molecule has 1 fully saturated rings. The Bertz CT molecular complexity index is 159. The van der Waals surface area contributed by atoms with Gasteiger partial charge in [-0.2, -0.15) is 0 Å². The van der Waals surface area contributed by atoms with Crippen LogP contribution in [-0.4, -0.2) is 25.5 Å². The molecule has 2 N–H and O–H groups in total. The zero-order valence-corrected chi connectivity index (χ0v) is 7.89. The van der Waals surface area contributed by atoms with Gasteiger partial charge in [-0.05, 0) is 25.8 Å². The van der Waals surface area contributed by atoms with Gasteiger partial charge in [-0.15, -0.1) is 0 Å². The van der Waals surface area contributed by atoms with Crippen LogP contribution in [0.15, 0.2) is 0 Å². The third-order valence-electron chi connectivity index (χ3n) is 2.52. The maximum absolute atomic E-state index is 11.5. The van der Waals surface area contributed by atoms with Crippen molar-refractivity contribution in [1.29, 1.82) is 0 Å². The molecule has 2 atom stereocenters. The highest BCUT2D eigenvalue weighted by Crippen LogP contribution is 2.17. The van der Waals surface area contributed by atoms with Gasteiger partial charge < -0.3 is 10.6 Å². The van der Waals surface area contributed by atoms with Gasteiger partial charge in [-0.25, -0.2) is 0 Å². The maximum atomic E-state index is 11.5. The molecule has 0 bridgehead atoms. The molecule has 0 spiro atoms. The molecule has 3 heteroatoms. The molecule has 0 saturated carbocycles. The van der Waals surface area contributed by atoms with Gasteiger partial charge in [0, 0.05) is 13.1 Å². The molecule has 0 unspecified atom stereocenters. The molecule has 0 radical (unpaired) electrons. The van der Waals surface area contributed by atoms with Gasteiger partial charge in [0.05, 0.1) is 5.92 Å². The molecule has 0 aliphatic carbocycles. The first kappa shape index (κ1) is 9.52. The quantitative estimate of drug-likeness (QED) is 0.628. The van der Waals surface area contributed by atoms with Crippen molar-refractivity contribution in [3.8, 4) is 0 Å². The van der Waals surface area contributed by atoms with Gasteiger partial charge in [0.2, 0.25) is 5.91 Å². The predicted octanol–water partition coefficient (Wildman–Crippen LogP) is 0.368. The van der Waals surface area contributed by atoms with Gasteiger partial charge in [-0.1, -0.05) is 6.92 Å². The zero-order valence-electron chi connectivity index (χ0n) is 7.89. The molecule has 0 aromatic carbocycles. The normalized spacial score (nSPS) is 29.8. The summed E-state index contributed by atoms with van der Waals surface area (Å²) in [5, 5.41) is 6.11. The van der Waals surface area contributed by atoms with Crippen molar-refractivity contribution < 1.29 is 4.79 Å². The van der Waals surface area contributed by atoms with Crippen molar-refractivity contribution >= 4 is 5.91 Å². The monoisotopic (exact) mass is 170 g/mol. The smallest absolute Gasteiger partial charge is 0.224 e. The highest BCUT2D eigenvalue weighted by atomic mass is 16.1. The second kappa shape index (κ2) is 4.45. The first-order valence-electron chi connectivity index (χ1n) is 4.74. The van der Waals surface area contributed by atoms with Crippen LogP contribution in [-0.2, 0) is 4.79 Å². The minimum absolute atomic E-state index is 0.179. The van der Waals surface area contributed by atoms with E-state index >= 15 is 0 Å². The van der Waals surface area contributed by atoms with E-state index in [1.54, 1.807) is 0 Å². The van der Waals surface area contributed by atoms with Gasteiger partial charge in [0.15, 0.2) is 0 Å². The van der Waals surface area contributed by atoms with E-state index in [0.29, 0.717) is 5.92 Å². The Hall–Kier alpha value is -0.570.